The maximum Gasteiger partial charge on any atom is 0.356 e. The summed E-state index contributed by atoms with van der Waals surface area (Å²) in [6.45, 7) is 0. The summed E-state index contributed by atoms with van der Waals surface area (Å²) < 4.78 is 0. The van der Waals surface area contributed by atoms with Crippen molar-refractivity contribution in [1.82, 2.24) is 15.2 Å². The number of carboxylic acid groups (broad SMARTS) is 1. The number of aromatic carboxylic acids is 1. The first-order valence-electron chi connectivity index (χ1n) is 5.91. The fourth-order valence-corrected chi connectivity index (χ4v) is 1.81. The van der Waals surface area contributed by atoms with Gasteiger partial charge in [-0.1, -0.05) is 6.07 Å². The third kappa shape index (κ3) is 2.39. The summed E-state index contributed by atoms with van der Waals surface area (Å²) in [6, 6.07) is 12.5. The minimum atomic E-state index is -1.10. The van der Waals surface area contributed by atoms with Gasteiger partial charge in [0, 0.05) is 17.3 Å². The van der Waals surface area contributed by atoms with Crippen molar-refractivity contribution in [2.24, 2.45) is 0 Å². The van der Waals surface area contributed by atoms with E-state index in [4.69, 9.17) is 5.11 Å². The standard InChI is InChI=1S/C14H10N4O2/c19-14(20)12-5-6-13(18-17-12)16-10-3-4-11-9(8-10)2-1-7-15-11/h1-8H,(H,16,18)(H,19,20). The molecule has 3 rings (SSSR count). The van der Waals surface area contributed by atoms with Gasteiger partial charge < -0.3 is 10.4 Å². The Morgan fingerprint density at radius 1 is 1.10 bits per heavy atom. The van der Waals surface area contributed by atoms with Crippen LogP contribution in [0.1, 0.15) is 10.5 Å². The van der Waals surface area contributed by atoms with E-state index in [1.54, 1.807) is 12.3 Å². The molecule has 0 spiro atoms. The van der Waals surface area contributed by atoms with E-state index in [0.717, 1.165) is 16.6 Å². The Hall–Kier alpha value is -3.02. The topological polar surface area (TPSA) is 88.0 Å². The van der Waals surface area contributed by atoms with Gasteiger partial charge in [0.1, 0.15) is 0 Å². The lowest BCUT2D eigenvalue weighted by Gasteiger charge is -2.06. The van der Waals surface area contributed by atoms with E-state index in [0.29, 0.717) is 5.82 Å². The SMILES string of the molecule is O=C(O)c1ccc(Nc2ccc3ncccc3c2)nn1. The molecule has 0 saturated carbocycles. The molecule has 2 heterocycles. The number of rotatable bonds is 3. The van der Waals surface area contributed by atoms with Gasteiger partial charge in [-0.25, -0.2) is 4.79 Å². The average molecular weight is 266 g/mol. The number of anilines is 2. The molecule has 98 valence electrons. The minimum absolute atomic E-state index is 0.0849. The summed E-state index contributed by atoms with van der Waals surface area (Å²) in [6.07, 6.45) is 1.74. The molecular formula is C14H10N4O2. The summed E-state index contributed by atoms with van der Waals surface area (Å²) >= 11 is 0. The first kappa shape index (κ1) is 12.0. The lowest BCUT2D eigenvalue weighted by Crippen LogP contribution is -2.03. The molecule has 0 amide bonds. The van der Waals surface area contributed by atoms with Crippen LogP contribution in [-0.2, 0) is 0 Å². The summed E-state index contributed by atoms with van der Waals surface area (Å²) in [5.74, 6) is -0.612. The zero-order valence-electron chi connectivity index (χ0n) is 10.3. The van der Waals surface area contributed by atoms with Crippen molar-refractivity contribution in [2.45, 2.75) is 0 Å². The minimum Gasteiger partial charge on any atom is -0.476 e. The maximum atomic E-state index is 10.7. The van der Waals surface area contributed by atoms with Gasteiger partial charge in [-0.05, 0) is 36.4 Å². The largest absolute Gasteiger partial charge is 0.476 e. The molecule has 0 fully saturated rings. The predicted molar refractivity (Wildman–Crippen MR) is 74.0 cm³/mol. The molecule has 0 saturated heterocycles. The molecule has 0 aliphatic rings. The molecule has 2 aromatic heterocycles. The van der Waals surface area contributed by atoms with E-state index in [1.165, 1.54) is 6.07 Å². The first-order chi connectivity index (χ1) is 9.72. The second kappa shape index (κ2) is 4.93. The van der Waals surface area contributed by atoms with Crippen LogP contribution in [0.25, 0.3) is 10.9 Å². The zero-order chi connectivity index (χ0) is 13.9. The molecule has 0 aliphatic heterocycles. The highest BCUT2D eigenvalue weighted by atomic mass is 16.4. The average Bonchev–Trinajstić information content (AvgIpc) is 2.48. The van der Waals surface area contributed by atoms with E-state index >= 15 is 0 Å². The van der Waals surface area contributed by atoms with E-state index in [2.05, 4.69) is 20.5 Å². The van der Waals surface area contributed by atoms with E-state index in [-0.39, 0.29) is 5.69 Å². The number of pyridine rings is 1. The fourth-order valence-electron chi connectivity index (χ4n) is 1.81. The van der Waals surface area contributed by atoms with Crippen LogP contribution in [-0.4, -0.2) is 26.3 Å². The van der Waals surface area contributed by atoms with Crippen molar-refractivity contribution < 1.29 is 9.90 Å². The Labute approximate surface area is 114 Å². The molecule has 0 radical (unpaired) electrons. The summed E-state index contributed by atoms with van der Waals surface area (Å²) in [7, 11) is 0. The molecule has 0 unspecified atom stereocenters. The summed E-state index contributed by atoms with van der Waals surface area (Å²) in [5, 5.41) is 20.3. The third-order valence-electron chi connectivity index (χ3n) is 2.76. The normalized spacial score (nSPS) is 10.4. The van der Waals surface area contributed by atoms with Crippen molar-refractivity contribution >= 4 is 28.4 Å². The second-order valence-electron chi connectivity index (χ2n) is 4.14. The number of hydrogen-bond donors (Lipinski definition) is 2. The van der Waals surface area contributed by atoms with Crippen molar-refractivity contribution in [2.75, 3.05) is 5.32 Å². The van der Waals surface area contributed by atoms with Gasteiger partial charge >= 0.3 is 5.97 Å². The zero-order valence-corrected chi connectivity index (χ0v) is 10.3. The lowest BCUT2D eigenvalue weighted by molar-refractivity contribution is 0.0689. The van der Waals surface area contributed by atoms with Crippen LogP contribution in [0.4, 0.5) is 11.5 Å². The number of benzene rings is 1. The lowest BCUT2D eigenvalue weighted by atomic mass is 10.2. The highest BCUT2D eigenvalue weighted by Gasteiger charge is 2.05. The van der Waals surface area contributed by atoms with Gasteiger partial charge in [0.05, 0.1) is 5.52 Å². The first-order valence-corrected chi connectivity index (χ1v) is 5.91. The molecule has 0 bridgehead atoms. The van der Waals surface area contributed by atoms with Crippen LogP contribution in [0.15, 0.2) is 48.7 Å². The quantitative estimate of drug-likeness (QED) is 0.757. The Morgan fingerprint density at radius 3 is 2.75 bits per heavy atom. The number of carbonyl (C=O) groups is 1. The van der Waals surface area contributed by atoms with Gasteiger partial charge in [0.25, 0.3) is 0 Å². The number of hydrogen-bond acceptors (Lipinski definition) is 5. The molecule has 1 aromatic carbocycles. The number of carboxylic acids is 1. The van der Waals surface area contributed by atoms with E-state index < -0.39 is 5.97 Å². The van der Waals surface area contributed by atoms with Crippen molar-refractivity contribution in [3.8, 4) is 0 Å². The Morgan fingerprint density at radius 2 is 2.00 bits per heavy atom. The van der Waals surface area contributed by atoms with Crippen LogP contribution in [0.3, 0.4) is 0 Å². The molecule has 3 aromatic rings. The van der Waals surface area contributed by atoms with Crippen LogP contribution in [0.5, 0.6) is 0 Å². The van der Waals surface area contributed by atoms with Gasteiger partial charge in [-0.2, -0.15) is 0 Å². The molecule has 6 heteroatoms. The van der Waals surface area contributed by atoms with Gasteiger partial charge in [-0.15, -0.1) is 10.2 Å². The van der Waals surface area contributed by atoms with E-state index in [9.17, 15) is 4.79 Å². The highest BCUT2D eigenvalue weighted by molar-refractivity contribution is 5.85. The Balaban J connectivity index is 1.87. The molecule has 0 atom stereocenters. The molecule has 20 heavy (non-hydrogen) atoms. The summed E-state index contributed by atoms with van der Waals surface area (Å²) in [4.78, 5) is 14.9. The number of nitrogens with zero attached hydrogens (tertiary/aromatic N) is 3. The van der Waals surface area contributed by atoms with Crippen LogP contribution in [0.2, 0.25) is 0 Å². The van der Waals surface area contributed by atoms with Gasteiger partial charge in [0.15, 0.2) is 11.5 Å². The van der Waals surface area contributed by atoms with Gasteiger partial charge in [-0.3, -0.25) is 4.98 Å². The predicted octanol–water partition coefficient (Wildman–Crippen LogP) is 2.47. The number of fused-ring (bicyclic) bond motifs is 1. The smallest absolute Gasteiger partial charge is 0.356 e. The third-order valence-corrected chi connectivity index (χ3v) is 2.76. The summed E-state index contributed by atoms with van der Waals surface area (Å²) in [5.41, 5.74) is 1.66. The fraction of sp³-hybridized carbons (Fsp3) is 0. The molecular weight excluding hydrogens is 256 g/mol. The van der Waals surface area contributed by atoms with E-state index in [1.807, 2.05) is 30.3 Å². The monoisotopic (exact) mass is 266 g/mol. The Kier molecular flexibility index (Phi) is 2.96. The second-order valence-corrected chi connectivity index (χ2v) is 4.14. The van der Waals surface area contributed by atoms with Gasteiger partial charge in [0.2, 0.25) is 0 Å². The van der Waals surface area contributed by atoms with Crippen molar-refractivity contribution in [3.05, 3.63) is 54.4 Å². The molecule has 2 N–H and O–H groups in total. The van der Waals surface area contributed by atoms with Crippen LogP contribution in [0, 0.1) is 0 Å². The highest BCUT2D eigenvalue weighted by Crippen LogP contribution is 2.19. The van der Waals surface area contributed by atoms with Crippen LogP contribution >= 0.6 is 0 Å². The molecule has 6 nitrogen and oxygen atoms in total. The number of aromatic nitrogens is 3. The maximum absolute atomic E-state index is 10.7. The Bertz CT molecular complexity index is 771. The van der Waals surface area contributed by atoms with Crippen LogP contribution < -0.4 is 5.32 Å². The number of nitrogens with one attached hydrogen (secondary N) is 1. The van der Waals surface area contributed by atoms with Crippen molar-refractivity contribution in [1.29, 1.82) is 0 Å². The molecule has 0 aliphatic carbocycles. The van der Waals surface area contributed by atoms with Crippen molar-refractivity contribution in [3.63, 3.8) is 0 Å².